The van der Waals surface area contributed by atoms with E-state index in [1.165, 1.54) is 0 Å². The molecule has 2 aromatic heterocycles. The third kappa shape index (κ3) is 2.60. The van der Waals surface area contributed by atoms with Crippen molar-refractivity contribution in [3.8, 4) is 10.8 Å². The van der Waals surface area contributed by atoms with Crippen molar-refractivity contribution in [1.29, 1.82) is 0 Å². The number of aromatic nitrogens is 2. The lowest BCUT2D eigenvalue weighted by atomic mass is 9.98. The van der Waals surface area contributed by atoms with Crippen molar-refractivity contribution in [2.45, 2.75) is 32.1 Å². The zero-order valence-electron chi connectivity index (χ0n) is 11.4. The Morgan fingerprint density at radius 2 is 2.45 bits per heavy atom. The van der Waals surface area contributed by atoms with Crippen LogP contribution < -0.4 is 0 Å². The summed E-state index contributed by atoms with van der Waals surface area (Å²) in [5.41, 5.74) is 0. The van der Waals surface area contributed by atoms with Crippen LogP contribution in [0.15, 0.2) is 21.9 Å². The molecule has 106 valence electrons. The van der Waals surface area contributed by atoms with Crippen LogP contribution in [0.25, 0.3) is 10.8 Å². The SMILES string of the molecule is CCC(=O)N1CCC[C@H](c2nnc(-c3cccs3)o2)C1. The van der Waals surface area contributed by atoms with E-state index in [0.29, 0.717) is 24.7 Å². The minimum absolute atomic E-state index is 0.167. The molecule has 1 aliphatic heterocycles. The highest BCUT2D eigenvalue weighted by Gasteiger charge is 2.27. The number of carbonyl (C=O) groups is 1. The predicted octanol–water partition coefficient (Wildman–Crippen LogP) is 2.91. The zero-order chi connectivity index (χ0) is 13.9. The van der Waals surface area contributed by atoms with Crippen molar-refractivity contribution in [3.05, 3.63) is 23.4 Å². The molecule has 1 saturated heterocycles. The largest absolute Gasteiger partial charge is 0.420 e. The molecule has 0 spiro atoms. The van der Waals surface area contributed by atoms with E-state index in [1.54, 1.807) is 11.3 Å². The second kappa shape index (κ2) is 5.75. The first-order valence-electron chi connectivity index (χ1n) is 6.93. The predicted molar refractivity (Wildman–Crippen MR) is 76.5 cm³/mol. The van der Waals surface area contributed by atoms with E-state index < -0.39 is 0 Å². The van der Waals surface area contributed by atoms with Crippen LogP contribution in [-0.2, 0) is 4.79 Å². The van der Waals surface area contributed by atoms with E-state index in [9.17, 15) is 4.79 Å². The Labute approximate surface area is 121 Å². The van der Waals surface area contributed by atoms with Crippen LogP contribution in [0.3, 0.4) is 0 Å². The fourth-order valence-corrected chi connectivity index (χ4v) is 3.17. The van der Waals surface area contributed by atoms with Gasteiger partial charge in [0.25, 0.3) is 5.89 Å². The molecule has 0 saturated carbocycles. The first kappa shape index (κ1) is 13.3. The lowest BCUT2D eigenvalue weighted by molar-refractivity contribution is -0.132. The van der Waals surface area contributed by atoms with Gasteiger partial charge in [-0.15, -0.1) is 21.5 Å². The van der Waals surface area contributed by atoms with Gasteiger partial charge in [-0.1, -0.05) is 13.0 Å². The lowest BCUT2D eigenvalue weighted by Gasteiger charge is -2.30. The first-order chi connectivity index (χ1) is 9.78. The second-order valence-electron chi connectivity index (χ2n) is 4.96. The van der Waals surface area contributed by atoms with E-state index in [0.717, 1.165) is 24.3 Å². The quantitative estimate of drug-likeness (QED) is 0.872. The van der Waals surface area contributed by atoms with Gasteiger partial charge >= 0.3 is 0 Å². The smallest absolute Gasteiger partial charge is 0.257 e. The van der Waals surface area contributed by atoms with Gasteiger partial charge in [0.05, 0.1) is 10.8 Å². The molecule has 1 atom stereocenters. The van der Waals surface area contributed by atoms with Gasteiger partial charge in [0, 0.05) is 19.5 Å². The normalized spacial score (nSPS) is 19.2. The number of likely N-dealkylation sites (tertiary alicyclic amines) is 1. The van der Waals surface area contributed by atoms with E-state index >= 15 is 0 Å². The lowest BCUT2D eigenvalue weighted by Crippen LogP contribution is -2.38. The van der Waals surface area contributed by atoms with Crippen LogP contribution in [0.2, 0.25) is 0 Å². The molecule has 1 fully saturated rings. The van der Waals surface area contributed by atoms with Crippen LogP contribution in [-0.4, -0.2) is 34.1 Å². The molecule has 0 N–H and O–H groups in total. The first-order valence-corrected chi connectivity index (χ1v) is 7.81. The minimum atomic E-state index is 0.167. The van der Waals surface area contributed by atoms with Gasteiger partial charge in [0.2, 0.25) is 11.8 Å². The monoisotopic (exact) mass is 291 g/mol. The van der Waals surface area contributed by atoms with Crippen molar-refractivity contribution in [2.24, 2.45) is 0 Å². The summed E-state index contributed by atoms with van der Waals surface area (Å²) in [4.78, 5) is 14.7. The number of nitrogens with zero attached hydrogens (tertiary/aromatic N) is 3. The summed E-state index contributed by atoms with van der Waals surface area (Å²) in [6.07, 6.45) is 2.55. The number of hydrogen-bond donors (Lipinski definition) is 0. The molecule has 6 heteroatoms. The van der Waals surface area contributed by atoms with Gasteiger partial charge in [-0.05, 0) is 24.3 Å². The summed E-state index contributed by atoms with van der Waals surface area (Å²) in [6.45, 7) is 3.43. The topological polar surface area (TPSA) is 59.2 Å². The fraction of sp³-hybridized carbons (Fsp3) is 0.500. The summed E-state index contributed by atoms with van der Waals surface area (Å²) >= 11 is 1.58. The number of amides is 1. The van der Waals surface area contributed by atoms with Gasteiger partial charge in [-0.2, -0.15) is 0 Å². The highest BCUT2D eigenvalue weighted by Crippen LogP contribution is 2.30. The fourth-order valence-electron chi connectivity index (χ4n) is 2.53. The molecule has 0 aromatic carbocycles. The number of piperidine rings is 1. The Morgan fingerprint density at radius 3 is 3.20 bits per heavy atom. The van der Waals surface area contributed by atoms with Crippen molar-refractivity contribution in [1.82, 2.24) is 15.1 Å². The summed E-state index contributed by atoms with van der Waals surface area (Å²) < 4.78 is 5.78. The highest BCUT2D eigenvalue weighted by molar-refractivity contribution is 7.13. The number of rotatable bonds is 3. The number of carbonyl (C=O) groups excluding carboxylic acids is 1. The van der Waals surface area contributed by atoms with Crippen LogP contribution in [0.4, 0.5) is 0 Å². The van der Waals surface area contributed by atoms with Gasteiger partial charge < -0.3 is 9.32 Å². The summed E-state index contributed by atoms with van der Waals surface area (Å²) in [6, 6.07) is 3.93. The van der Waals surface area contributed by atoms with Gasteiger partial charge in [-0.25, -0.2) is 0 Å². The molecule has 3 rings (SSSR count). The Morgan fingerprint density at radius 1 is 1.55 bits per heavy atom. The number of thiophene rings is 1. The van der Waals surface area contributed by atoms with Crippen molar-refractivity contribution < 1.29 is 9.21 Å². The van der Waals surface area contributed by atoms with Gasteiger partial charge in [-0.3, -0.25) is 4.79 Å². The minimum Gasteiger partial charge on any atom is -0.420 e. The third-order valence-electron chi connectivity index (χ3n) is 3.60. The molecule has 3 heterocycles. The van der Waals surface area contributed by atoms with Crippen LogP contribution in [0.5, 0.6) is 0 Å². The Hall–Kier alpha value is -1.69. The Bertz CT molecular complexity index is 579. The average Bonchev–Trinajstić information content (AvgIpc) is 3.17. The van der Waals surface area contributed by atoms with Crippen LogP contribution in [0.1, 0.15) is 38.0 Å². The maximum atomic E-state index is 11.8. The van der Waals surface area contributed by atoms with E-state index in [2.05, 4.69) is 10.2 Å². The van der Waals surface area contributed by atoms with Gasteiger partial charge in [0.15, 0.2) is 0 Å². The summed E-state index contributed by atoms with van der Waals surface area (Å²) in [5, 5.41) is 10.3. The molecule has 0 radical (unpaired) electrons. The molecule has 2 aromatic rings. The molecule has 1 amide bonds. The molecule has 0 bridgehead atoms. The van der Waals surface area contributed by atoms with Crippen molar-refractivity contribution in [2.75, 3.05) is 13.1 Å². The highest BCUT2D eigenvalue weighted by atomic mass is 32.1. The molecule has 0 aliphatic carbocycles. The third-order valence-corrected chi connectivity index (χ3v) is 4.46. The van der Waals surface area contributed by atoms with Crippen molar-refractivity contribution >= 4 is 17.2 Å². The Balaban J connectivity index is 1.74. The average molecular weight is 291 g/mol. The molecule has 1 aliphatic rings. The molecular formula is C14H17N3O2S. The van der Waals surface area contributed by atoms with E-state index in [4.69, 9.17) is 4.42 Å². The zero-order valence-corrected chi connectivity index (χ0v) is 12.2. The van der Waals surface area contributed by atoms with Crippen LogP contribution >= 0.6 is 11.3 Å². The maximum Gasteiger partial charge on any atom is 0.257 e. The van der Waals surface area contributed by atoms with Crippen molar-refractivity contribution in [3.63, 3.8) is 0 Å². The number of hydrogen-bond acceptors (Lipinski definition) is 5. The Kier molecular flexibility index (Phi) is 3.82. The molecule has 20 heavy (non-hydrogen) atoms. The molecule has 0 unspecified atom stereocenters. The standard InChI is InChI=1S/C14H17N3O2S/c1-2-12(18)17-7-3-5-10(9-17)13-15-16-14(19-13)11-6-4-8-20-11/h4,6,8,10H,2-3,5,7,9H2,1H3/t10-/m0/s1. The maximum absolute atomic E-state index is 11.8. The van der Waals surface area contributed by atoms with Crippen LogP contribution in [0, 0.1) is 0 Å². The summed E-state index contributed by atoms with van der Waals surface area (Å²) in [7, 11) is 0. The summed E-state index contributed by atoms with van der Waals surface area (Å²) in [5.74, 6) is 1.60. The van der Waals surface area contributed by atoms with E-state index in [-0.39, 0.29) is 11.8 Å². The van der Waals surface area contributed by atoms with Gasteiger partial charge in [0.1, 0.15) is 0 Å². The second-order valence-corrected chi connectivity index (χ2v) is 5.90. The van der Waals surface area contributed by atoms with E-state index in [1.807, 2.05) is 29.3 Å². The molecular weight excluding hydrogens is 274 g/mol. The molecule has 5 nitrogen and oxygen atoms in total.